The Morgan fingerprint density at radius 2 is 0.288 bits per heavy atom. The van der Waals surface area contributed by atoms with Gasteiger partial charge in [0.1, 0.15) is 0 Å². The van der Waals surface area contributed by atoms with Crippen LogP contribution in [0.5, 0.6) is 0 Å². The summed E-state index contributed by atoms with van der Waals surface area (Å²) in [5, 5.41) is 5.96. The molecule has 0 atom stereocenters. The zero-order chi connectivity index (χ0) is 71.2. The van der Waals surface area contributed by atoms with Gasteiger partial charge in [0.05, 0.1) is 0 Å². The van der Waals surface area contributed by atoms with Crippen molar-refractivity contribution in [1.82, 2.24) is 0 Å². The number of benzene rings is 10. The number of hydrogen-bond donors (Lipinski definition) is 0. The highest BCUT2D eigenvalue weighted by molar-refractivity contribution is 7.72. The molecule has 0 saturated carbocycles. The fourth-order valence-corrected chi connectivity index (χ4v) is 20.3. The van der Waals surface area contributed by atoms with Crippen molar-refractivity contribution in [2.45, 2.75) is 269 Å². The Kier molecular flexibility index (Phi) is 37.5. The lowest BCUT2D eigenvalue weighted by Crippen LogP contribution is -2.15. The van der Waals surface area contributed by atoms with Crippen LogP contribution in [0.4, 0.5) is 0 Å². The van der Waals surface area contributed by atoms with Gasteiger partial charge in [-0.25, -0.2) is 0 Å². The fourth-order valence-electron chi connectivity index (χ4n) is 15.7. The third-order valence-electron chi connectivity index (χ3n) is 22.1. The molecule has 0 unspecified atom stereocenters. The van der Waals surface area contributed by atoms with Crippen LogP contribution in [0.15, 0.2) is 267 Å². The molecule has 0 radical (unpaired) electrons. The molecule has 0 heterocycles. The van der Waals surface area contributed by atoms with Gasteiger partial charge in [0, 0.05) is 12.3 Å². The normalized spacial score (nSPS) is 11.5. The Morgan fingerprint density at radius 3 is 0.481 bits per heavy atom. The van der Waals surface area contributed by atoms with E-state index < -0.39 is 15.8 Å². The van der Waals surface area contributed by atoms with Gasteiger partial charge in [0.25, 0.3) is 0 Å². The summed E-state index contributed by atoms with van der Waals surface area (Å²) in [6, 6.07) is 103. The molecular formula is C102H128P2. The van der Waals surface area contributed by atoms with Crippen molar-refractivity contribution in [2.24, 2.45) is 0 Å². The maximum Gasteiger partial charge on any atom is 0.00136 e. The van der Waals surface area contributed by atoms with Gasteiger partial charge < -0.3 is 0 Å². The third-order valence-corrected chi connectivity index (χ3v) is 27.1. The maximum atomic E-state index is 2.52. The standard InChI is InChI=1S/C102H128P2/c1(9-17-29-49-87-53-37-25-38-54-87)5-13-21-33-61-91-69-77-97(78-70-91)103(98-79-71-92(72-80-98)62-34-22-14-6-2-10-18-30-50-88-55-39-26-40-56-88)85-95-65-45-47-67-101(95)102-68-48-46-66-96(102)86-104(99-81-73-93(74-82-99)63-35-23-15-7-3-11-19-31-51-89-57-41-27-42-58-89)100-83-75-94(76-84-100)64-36-24-16-8-4-12-20-32-52-90-59-43-28-44-60-90/h25-28,37-48,53-60,65-84H,1-24,29-36,49-52,61-64,85-86H2. The molecule has 546 valence electrons. The summed E-state index contributed by atoms with van der Waals surface area (Å²) in [6.07, 6.45) is 54.5. The van der Waals surface area contributed by atoms with Gasteiger partial charge >= 0.3 is 0 Å². The molecule has 0 aliphatic carbocycles. The highest BCUT2D eigenvalue weighted by atomic mass is 31.1. The van der Waals surface area contributed by atoms with Crippen molar-refractivity contribution in [3.05, 3.63) is 323 Å². The zero-order valence-corrected chi connectivity index (χ0v) is 65.8. The van der Waals surface area contributed by atoms with E-state index in [4.69, 9.17) is 0 Å². The number of hydrogen-bond acceptors (Lipinski definition) is 0. The van der Waals surface area contributed by atoms with Crippen LogP contribution in [-0.2, 0) is 63.7 Å². The highest BCUT2D eigenvalue weighted by Gasteiger charge is 2.22. The van der Waals surface area contributed by atoms with Gasteiger partial charge in [-0.2, -0.15) is 0 Å². The molecule has 2 heteroatoms. The van der Waals surface area contributed by atoms with E-state index >= 15 is 0 Å². The van der Waals surface area contributed by atoms with Gasteiger partial charge in [0.15, 0.2) is 0 Å². The predicted molar refractivity (Wildman–Crippen MR) is 461 cm³/mol. The lowest BCUT2D eigenvalue weighted by molar-refractivity contribution is 0.567. The SMILES string of the molecule is c1ccc(CCCCCCCCCCc2ccc(P(Cc3ccccc3-c3ccccc3CP(c3ccc(CCCCCCCCCCc4ccccc4)cc3)c3ccc(CCCCCCCCCCc4ccccc4)cc3)c3ccc(CCCCCCCCCCc4ccccc4)cc3)cc2)cc1. The minimum Gasteiger partial charge on any atom is -0.0622 e. The van der Waals surface area contributed by atoms with E-state index in [2.05, 4.69) is 267 Å². The summed E-state index contributed by atoms with van der Waals surface area (Å²) in [7, 11) is -1.36. The maximum absolute atomic E-state index is 2.52. The molecule has 104 heavy (non-hydrogen) atoms. The second-order valence-electron chi connectivity index (χ2n) is 30.4. The quantitative estimate of drug-likeness (QED) is 0.0263. The molecule has 0 fully saturated rings. The molecule has 0 nitrogen and oxygen atoms in total. The molecular weight excluding hydrogens is 1290 g/mol. The largest absolute Gasteiger partial charge is 0.0622 e. The zero-order valence-electron chi connectivity index (χ0n) is 64.0. The van der Waals surface area contributed by atoms with Gasteiger partial charge in [-0.3, -0.25) is 0 Å². The van der Waals surface area contributed by atoms with Crippen molar-refractivity contribution in [3.8, 4) is 11.1 Å². The van der Waals surface area contributed by atoms with Crippen molar-refractivity contribution in [2.75, 3.05) is 0 Å². The Balaban J connectivity index is 0.778. The van der Waals surface area contributed by atoms with Crippen LogP contribution < -0.4 is 21.2 Å². The van der Waals surface area contributed by atoms with Gasteiger partial charge in [0.2, 0.25) is 0 Å². The summed E-state index contributed by atoms with van der Waals surface area (Å²) in [6.45, 7) is 0. The molecule has 0 spiro atoms. The fraction of sp³-hybridized carbons (Fsp3) is 0.412. The predicted octanol–water partition coefficient (Wildman–Crippen LogP) is 28.2. The summed E-state index contributed by atoms with van der Waals surface area (Å²) in [5.41, 5.74) is 17.6. The van der Waals surface area contributed by atoms with Gasteiger partial charge in [-0.1, -0.05) is 421 Å². The van der Waals surface area contributed by atoms with Crippen LogP contribution in [0.1, 0.15) is 261 Å². The topological polar surface area (TPSA) is 0 Å². The summed E-state index contributed by atoms with van der Waals surface area (Å²) >= 11 is 0. The van der Waals surface area contributed by atoms with Crippen LogP contribution in [0.2, 0.25) is 0 Å². The monoisotopic (exact) mass is 1410 g/mol. The Bertz CT molecular complexity index is 3320. The first-order chi connectivity index (χ1) is 51.7. The molecule has 0 aliphatic rings. The molecule has 10 rings (SSSR count). The minimum absolute atomic E-state index is 0.678. The van der Waals surface area contributed by atoms with Crippen LogP contribution >= 0.6 is 15.8 Å². The van der Waals surface area contributed by atoms with E-state index in [9.17, 15) is 0 Å². The summed E-state index contributed by atoms with van der Waals surface area (Å²) in [5.74, 6) is 0. The first-order valence-corrected chi connectivity index (χ1v) is 44.9. The lowest BCUT2D eigenvalue weighted by Gasteiger charge is -2.24. The van der Waals surface area contributed by atoms with E-state index in [0.29, 0.717) is 0 Å². The Hall–Kier alpha value is -6.94. The Labute approximate surface area is 635 Å². The molecule has 0 saturated heterocycles. The van der Waals surface area contributed by atoms with E-state index in [0.717, 1.165) is 12.3 Å². The van der Waals surface area contributed by atoms with E-state index in [1.165, 1.54) is 345 Å². The smallest absolute Gasteiger partial charge is 0.00136 e. The van der Waals surface area contributed by atoms with Crippen LogP contribution in [0, 0.1) is 0 Å². The van der Waals surface area contributed by atoms with E-state index in [1.807, 2.05) is 0 Å². The minimum atomic E-state index is -0.678. The van der Waals surface area contributed by atoms with Crippen molar-refractivity contribution in [3.63, 3.8) is 0 Å². The van der Waals surface area contributed by atoms with E-state index in [-0.39, 0.29) is 0 Å². The molecule has 10 aromatic carbocycles. The van der Waals surface area contributed by atoms with E-state index in [1.54, 1.807) is 0 Å². The second kappa shape index (κ2) is 49.0. The summed E-state index contributed by atoms with van der Waals surface area (Å²) < 4.78 is 0. The van der Waals surface area contributed by atoms with Crippen LogP contribution in [-0.4, -0.2) is 0 Å². The van der Waals surface area contributed by atoms with Crippen molar-refractivity contribution < 1.29 is 0 Å². The highest BCUT2D eigenvalue weighted by Crippen LogP contribution is 2.45. The molecule has 10 aromatic rings. The van der Waals surface area contributed by atoms with Crippen molar-refractivity contribution in [1.29, 1.82) is 0 Å². The second-order valence-corrected chi connectivity index (χ2v) is 34.8. The first-order valence-electron chi connectivity index (χ1n) is 41.9. The molecule has 0 bridgehead atoms. The third kappa shape index (κ3) is 30.1. The first kappa shape index (κ1) is 79.6. The molecule has 0 aliphatic heterocycles. The van der Waals surface area contributed by atoms with Crippen LogP contribution in [0.3, 0.4) is 0 Å². The lowest BCUT2D eigenvalue weighted by atomic mass is 9.97. The average Bonchev–Trinajstić information content (AvgIpc) is 0.795. The van der Waals surface area contributed by atoms with Gasteiger partial charge in [-0.15, -0.1) is 0 Å². The van der Waals surface area contributed by atoms with Crippen molar-refractivity contribution >= 4 is 37.1 Å². The Morgan fingerprint density at radius 1 is 0.135 bits per heavy atom. The molecule has 0 N–H and O–H groups in total. The summed E-state index contributed by atoms with van der Waals surface area (Å²) in [4.78, 5) is 0. The average molecular weight is 1420 g/mol. The number of unbranched alkanes of at least 4 members (excludes halogenated alkanes) is 28. The number of rotatable bonds is 53. The number of aryl methyl sites for hydroxylation is 8. The van der Waals surface area contributed by atoms with Gasteiger partial charge in [-0.05, 0) is 207 Å². The molecule has 0 amide bonds. The van der Waals surface area contributed by atoms with Crippen LogP contribution in [0.25, 0.3) is 11.1 Å². The molecule has 0 aromatic heterocycles.